The predicted octanol–water partition coefficient (Wildman–Crippen LogP) is 3.71. The fourth-order valence-electron chi connectivity index (χ4n) is 1.87. The highest BCUT2D eigenvalue weighted by atomic mass is 16.5. The van der Waals surface area contributed by atoms with E-state index in [2.05, 4.69) is 57.3 Å². The molecule has 0 spiro atoms. The Morgan fingerprint density at radius 1 is 1.22 bits per heavy atom. The molecule has 1 unspecified atom stereocenters. The van der Waals surface area contributed by atoms with Gasteiger partial charge in [0.1, 0.15) is 0 Å². The topological polar surface area (TPSA) is 21.3 Å². The highest BCUT2D eigenvalue weighted by Crippen LogP contribution is 2.13. The molecule has 2 heteroatoms. The molecule has 0 aliphatic rings. The lowest BCUT2D eigenvalue weighted by Crippen LogP contribution is -2.21. The number of ether oxygens (including phenoxy) is 1. The molecule has 1 aromatic carbocycles. The third-order valence-electron chi connectivity index (χ3n) is 2.91. The van der Waals surface area contributed by atoms with Crippen molar-refractivity contribution >= 4 is 0 Å². The van der Waals surface area contributed by atoms with Crippen molar-refractivity contribution in [3.05, 3.63) is 35.4 Å². The van der Waals surface area contributed by atoms with Crippen LogP contribution in [0.2, 0.25) is 0 Å². The highest BCUT2D eigenvalue weighted by molar-refractivity contribution is 5.24. The van der Waals surface area contributed by atoms with Gasteiger partial charge in [-0.2, -0.15) is 0 Å². The van der Waals surface area contributed by atoms with Crippen molar-refractivity contribution in [2.24, 2.45) is 5.92 Å². The van der Waals surface area contributed by atoms with Crippen LogP contribution < -0.4 is 5.32 Å². The van der Waals surface area contributed by atoms with Crippen molar-refractivity contribution in [3.63, 3.8) is 0 Å². The zero-order valence-electron chi connectivity index (χ0n) is 12.2. The first-order valence-corrected chi connectivity index (χ1v) is 6.97. The van der Waals surface area contributed by atoms with Crippen molar-refractivity contribution in [2.45, 2.75) is 40.2 Å². The van der Waals surface area contributed by atoms with Gasteiger partial charge in [0, 0.05) is 19.3 Å². The lowest BCUT2D eigenvalue weighted by molar-refractivity contribution is 0.107. The van der Waals surface area contributed by atoms with Crippen LogP contribution >= 0.6 is 0 Å². The second-order valence-corrected chi connectivity index (χ2v) is 5.41. The first-order valence-electron chi connectivity index (χ1n) is 6.97. The molecule has 0 aliphatic carbocycles. The number of rotatable bonds is 8. The van der Waals surface area contributed by atoms with E-state index in [1.165, 1.54) is 11.1 Å². The molecule has 0 saturated carbocycles. The van der Waals surface area contributed by atoms with E-state index in [0.717, 1.165) is 26.2 Å². The minimum Gasteiger partial charge on any atom is -0.381 e. The summed E-state index contributed by atoms with van der Waals surface area (Å²) in [6, 6.07) is 9.09. The monoisotopic (exact) mass is 249 g/mol. The van der Waals surface area contributed by atoms with Crippen LogP contribution in [0, 0.1) is 12.8 Å². The number of hydrogen-bond donors (Lipinski definition) is 1. The molecule has 0 radical (unpaired) electrons. The Morgan fingerprint density at radius 2 is 2.00 bits per heavy atom. The fraction of sp³-hybridized carbons (Fsp3) is 0.625. The summed E-state index contributed by atoms with van der Waals surface area (Å²) in [7, 11) is 0. The molecule has 1 N–H and O–H groups in total. The van der Waals surface area contributed by atoms with Crippen LogP contribution in [0.1, 0.15) is 44.4 Å². The molecule has 102 valence electrons. The van der Waals surface area contributed by atoms with Gasteiger partial charge in [-0.3, -0.25) is 0 Å². The summed E-state index contributed by atoms with van der Waals surface area (Å²) >= 11 is 0. The normalized spacial score (nSPS) is 12.9. The highest BCUT2D eigenvalue weighted by Gasteiger charge is 2.03. The van der Waals surface area contributed by atoms with Gasteiger partial charge in [0.05, 0.1) is 0 Å². The average Bonchev–Trinajstić information content (AvgIpc) is 2.33. The van der Waals surface area contributed by atoms with E-state index in [4.69, 9.17) is 4.74 Å². The van der Waals surface area contributed by atoms with Gasteiger partial charge in [0.15, 0.2) is 0 Å². The second kappa shape index (κ2) is 8.28. The molecule has 0 saturated heterocycles. The van der Waals surface area contributed by atoms with Gasteiger partial charge < -0.3 is 10.1 Å². The van der Waals surface area contributed by atoms with E-state index in [9.17, 15) is 0 Å². The summed E-state index contributed by atoms with van der Waals surface area (Å²) in [6.45, 7) is 11.4. The third-order valence-corrected chi connectivity index (χ3v) is 2.91. The van der Waals surface area contributed by atoms with Gasteiger partial charge in [0.2, 0.25) is 0 Å². The largest absolute Gasteiger partial charge is 0.381 e. The molecule has 0 aromatic heterocycles. The van der Waals surface area contributed by atoms with Gasteiger partial charge in [0.25, 0.3) is 0 Å². The Morgan fingerprint density at radius 3 is 2.67 bits per heavy atom. The molecule has 18 heavy (non-hydrogen) atoms. The van der Waals surface area contributed by atoms with Crippen molar-refractivity contribution in [3.8, 4) is 0 Å². The molecule has 0 fully saturated rings. The minimum absolute atomic E-state index is 0.412. The Kier molecular flexibility index (Phi) is 6.99. The SMILES string of the molecule is Cc1cccc(C(C)NCCCOCC(C)C)c1. The molecule has 0 heterocycles. The van der Waals surface area contributed by atoms with E-state index in [0.29, 0.717) is 12.0 Å². The first kappa shape index (κ1) is 15.2. The van der Waals surface area contributed by atoms with Crippen molar-refractivity contribution < 1.29 is 4.74 Å². The molecule has 0 aliphatic heterocycles. The molecule has 1 atom stereocenters. The quantitative estimate of drug-likeness (QED) is 0.709. The number of nitrogens with one attached hydrogen (secondary N) is 1. The fourth-order valence-corrected chi connectivity index (χ4v) is 1.87. The van der Waals surface area contributed by atoms with Crippen LogP contribution in [-0.2, 0) is 4.74 Å². The van der Waals surface area contributed by atoms with Crippen LogP contribution in [0.3, 0.4) is 0 Å². The van der Waals surface area contributed by atoms with Crippen molar-refractivity contribution in [1.82, 2.24) is 5.32 Å². The molecular weight excluding hydrogens is 222 g/mol. The van der Waals surface area contributed by atoms with Crippen molar-refractivity contribution in [2.75, 3.05) is 19.8 Å². The van der Waals surface area contributed by atoms with E-state index >= 15 is 0 Å². The molecule has 0 amide bonds. The summed E-state index contributed by atoms with van der Waals surface area (Å²) in [6.07, 6.45) is 1.07. The lowest BCUT2D eigenvalue weighted by Gasteiger charge is -2.15. The Bertz CT molecular complexity index is 336. The number of benzene rings is 1. The smallest absolute Gasteiger partial charge is 0.0489 e. The van der Waals surface area contributed by atoms with Gasteiger partial charge >= 0.3 is 0 Å². The maximum absolute atomic E-state index is 5.56. The van der Waals surface area contributed by atoms with Crippen LogP contribution in [0.5, 0.6) is 0 Å². The van der Waals surface area contributed by atoms with Crippen molar-refractivity contribution in [1.29, 1.82) is 0 Å². The van der Waals surface area contributed by atoms with E-state index in [1.807, 2.05) is 0 Å². The Labute approximate surface area is 112 Å². The summed E-state index contributed by atoms with van der Waals surface area (Å²) in [5, 5.41) is 3.53. The van der Waals surface area contributed by atoms with Crippen LogP contribution in [-0.4, -0.2) is 19.8 Å². The zero-order valence-corrected chi connectivity index (χ0v) is 12.2. The number of aryl methyl sites for hydroxylation is 1. The number of hydrogen-bond acceptors (Lipinski definition) is 2. The summed E-state index contributed by atoms with van der Waals surface area (Å²) in [4.78, 5) is 0. The van der Waals surface area contributed by atoms with Crippen LogP contribution in [0.4, 0.5) is 0 Å². The molecule has 2 nitrogen and oxygen atoms in total. The minimum atomic E-state index is 0.412. The van der Waals surface area contributed by atoms with Gasteiger partial charge in [-0.05, 0) is 38.3 Å². The Balaban J connectivity index is 2.15. The first-order chi connectivity index (χ1) is 8.59. The van der Waals surface area contributed by atoms with Gasteiger partial charge in [-0.25, -0.2) is 0 Å². The summed E-state index contributed by atoms with van der Waals surface area (Å²) < 4.78 is 5.56. The summed E-state index contributed by atoms with van der Waals surface area (Å²) in [5.74, 6) is 0.629. The zero-order chi connectivity index (χ0) is 13.4. The standard InChI is InChI=1S/C16H27NO/c1-13(2)12-18-10-6-9-17-15(4)16-8-5-7-14(3)11-16/h5,7-8,11,13,15,17H,6,9-10,12H2,1-4H3. The predicted molar refractivity (Wildman–Crippen MR) is 77.9 cm³/mol. The van der Waals surface area contributed by atoms with Crippen LogP contribution in [0.15, 0.2) is 24.3 Å². The summed E-state index contributed by atoms with van der Waals surface area (Å²) in [5.41, 5.74) is 2.68. The Hall–Kier alpha value is -0.860. The third kappa shape index (κ3) is 6.18. The van der Waals surface area contributed by atoms with Crippen LogP contribution in [0.25, 0.3) is 0 Å². The maximum Gasteiger partial charge on any atom is 0.0489 e. The van der Waals surface area contributed by atoms with Gasteiger partial charge in [-0.1, -0.05) is 43.7 Å². The maximum atomic E-state index is 5.56. The van der Waals surface area contributed by atoms with E-state index < -0.39 is 0 Å². The van der Waals surface area contributed by atoms with E-state index in [-0.39, 0.29) is 0 Å². The van der Waals surface area contributed by atoms with E-state index in [1.54, 1.807) is 0 Å². The van der Waals surface area contributed by atoms with Gasteiger partial charge in [-0.15, -0.1) is 0 Å². The lowest BCUT2D eigenvalue weighted by atomic mass is 10.1. The average molecular weight is 249 g/mol. The molecular formula is C16H27NO. The second-order valence-electron chi connectivity index (χ2n) is 5.41. The molecule has 0 bridgehead atoms. The molecule has 1 rings (SSSR count). The molecule has 1 aromatic rings.